The normalized spacial score (nSPS) is 16.5. The molecular weight excluding hydrogens is 453 g/mol. The summed E-state index contributed by atoms with van der Waals surface area (Å²) < 4.78 is 22.1. The SMILES string of the molecule is CCOc1cccc(-c2ccc(Cn3ccc4c(F)ccc(C(=O)NC5CC6(CCC6)C5)c43)cc2)n1. The van der Waals surface area contributed by atoms with E-state index >= 15 is 0 Å². The van der Waals surface area contributed by atoms with E-state index in [0.29, 0.717) is 40.9 Å². The molecule has 0 atom stereocenters. The number of pyridine rings is 1. The molecule has 2 aromatic heterocycles. The van der Waals surface area contributed by atoms with Gasteiger partial charge in [-0.1, -0.05) is 36.8 Å². The van der Waals surface area contributed by atoms with Crippen LogP contribution < -0.4 is 10.1 Å². The van der Waals surface area contributed by atoms with Gasteiger partial charge in [0, 0.05) is 35.8 Å². The molecule has 2 heterocycles. The van der Waals surface area contributed by atoms with Crippen molar-refractivity contribution in [3.8, 4) is 17.1 Å². The molecule has 0 saturated heterocycles. The maximum absolute atomic E-state index is 14.6. The van der Waals surface area contributed by atoms with Gasteiger partial charge in [-0.05, 0) is 67.9 Å². The molecule has 1 amide bonds. The van der Waals surface area contributed by atoms with Crippen molar-refractivity contribution in [1.82, 2.24) is 14.9 Å². The maximum atomic E-state index is 14.6. The molecule has 2 aliphatic carbocycles. The molecule has 184 valence electrons. The van der Waals surface area contributed by atoms with Crippen molar-refractivity contribution in [3.63, 3.8) is 0 Å². The molecule has 6 rings (SSSR count). The van der Waals surface area contributed by atoms with Crippen molar-refractivity contribution in [2.24, 2.45) is 5.41 Å². The van der Waals surface area contributed by atoms with Crippen molar-refractivity contribution in [3.05, 3.63) is 83.8 Å². The standard InChI is InChI=1S/C30H30FN3O2/c1-2-36-27-6-3-5-26(33-27)21-9-7-20(8-10-21)19-34-16-13-23-25(31)12-11-24(28(23)34)29(35)32-22-17-30(18-22)14-4-15-30/h3,5-13,16,22H,2,4,14-15,17-19H2,1H3,(H,32,35). The number of amides is 1. The summed E-state index contributed by atoms with van der Waals surface area (Å²) in [4.78, 5) is 17.8. The van der Waals surface area contributed by atoms with Crippen molar-refractivity contribution in [1.29, 1.82) is 0 Å². The number of fused-ring (bicyclic) bond motifs is 1. The predicted octanol–water partition coefficient (Wildman–Crippen LogP) is 6.35. The van der Waals surface area contributed by atoms with Gasteiger partial charge in [0.15, 0.2) is 0 Å². The first-order chi connectivity index (χ1) is 17.5. The van der Waals surface area contributed by atoms with Gasteiger partial charge in [0.05, 0.1) is 23.4 Å². The summed E-state index contributed by atoms with van der Waals surface area (Å²) in [5.41, 5.74) is 4.55. The van der Waals surface area contributed by atoms with Crippen molar-refractivity contribution in [2.75, 3.05) is 6.61 Å². The number of aromatic nitrogens is 2. The van der Waals surface area contributed by atoms with Crippen LogP contribution in [0.25, 0.3) is 22.2 Å². The van der Waals surface area contributed by atoms with Gasteiger partial charge in [0.1, 0.15) is 5.82 Å². The summed E-state index contributed by atoms with van der Waals surface area (Å²) in [7, 11) is 0. The molecule has 2 saturated carbocycles. The number of benzene rings is 2. The Morgan fingerprint density at radius 1 is 1.11 bits per heavy atom. The smallest absolute Gasteiger partial charge is 0.253 e. The highest BCUT2D eigenvalue weighted by molar-refractivity contribution is 6.06. The predicted molar refractivity (Wildman–Crippen MR) is 139 cm³/mol. The van der Waals surface area contributed by atoms with E-state index in [2.05, 4.69) is 10.3 Å². The highest BCUT2D eigenvalue weighted by atomic mass is 19.1. The highest BCUT2D eigenvalue weighted by Crippen LogP contribution is 2.55. The molecule has 4 aromatic rings. The van der Waals surface area contributed by atoms with E-state index in [0.717, 1.165) is 29.7 Å². The molecule has 1 spiro atoms. The van der Waals surface area contributed by atoms with E-state index < -0.39 is 0 Å². The Morgan fingerprint density at radius 3 is 2.64 bits per heavy atom. The Morgan fingerprint density at radius 2 is 1.92 bits per heavy atom. The fourth-order valence-electron chi connectivity index (χ4n) is 5.82. The summed E-state index contributed by atoms with van der Waals surface area (Å²) in [5, 5.41) is 3.67. The number of hydrogen-bond acceptors (Lipinski definition) is 3. The minimum Gasteiger partial charge on any atom is -0.478 e. The number of carbonyl (C=O) groups excluding carboxylic acids is 1. The van der Waals surface area contributed by atoms with Crippen LogP contribution >= 0.6 is 0 Å². The Hall–Kier alpha value is -3.67. The van der Waals surface area contributed by atoms with Crippen molar-refractivity contribution in [2.45, 2.75) is 51.6 Å². The van der Waals surface area contributed by atoms with Crippen LogP contribution in [-0.2, 0) is 6.54 Å². The zero-order chi connectivity index (χ0) is 24.7. The van der Waals surface area contributed by atoms with E-state index in [1.54, 1.807) is 12.1 Å². The van der Waals surface area contributed by atoms with E-state index in [1.807, 2.05) is 60.2 Å². The number of ether oxygens (including phenoxy) is 1. The average Bonchev–Trinajstić information content (AvgIpc) is 3.25. The zero-order valence-electron chi connectivity index (χ0n) is 20.5. The van der Waals surface area contributed by atoms with Gasteiger partial charge in [-0.2, -0.15) is 0 Å². The Balaban J connectivity index is 1.23. The van der Waals surface area contributed by atoms with Gasteiger partial charge in [0.2, 0.25) is 5.88 Å². The third kappa shape index (κ3) is 4.15. The fraction of sp³-hybridized carbons (Fsp3) is 0.333. The summed E-state index contributed by atoms with van der Waals surface area (Å²) >= 11 is 0. The second-order valence-corrected chi connectivity index (χ2v) is 10.2. The van der Waals surface area contributed by atoms with Crippen molar-refractivity contribution >= 4 is 16.8 Å². The Kier molecular flexibility index (Phi) is 5.75. The highest BCUT2D eigenvalue weighted by Gasteiger charge is 2.48. The molecule has 36 heavy (non-hydrogen) atoms. The van der Waals surface area contributed by atoms with Crippen LogP contribution in [-0.4, -0.2) is 28.1 Å². The minimum atomic E-state index is -0.312. The van der Waals surface area contributed by atoms with Crippen molar-refractivity contribution < 1.29 is 13.9 Å². The molecular formula is C30H30FN3O2. The third-order valence-electron chi connectivity index (χ3n) is 7.84. The Bertz CT molecular complexity index is 1410. The lowest BCUT2D eigenvalue weighted by atomic mass is 9.54. The second-order valence-electron chi connectivity index (χ2n) is 10.2. The van der Waals surface area contributed by atoms with Crippen LogP contribution in [0.1, 0.15) is 54.9 Å². The largest absolute Gasteiger partial charge is 0.478 e. The summed E-state index contributed by atoms with van der Waals surface area (Å²) in [6, 6.07) is 18.9. The first kappa shape index (κ1) is 22.8. The van der Waals surface area contributed by atoms with E-state index in [9.17, 15) is 9.18 Å². The van der Waals surface area contributed by atoms with Gasteiger partial charge >= 0.3 is 0 Å². The Labute approximate surface area is 210 Å². The number of nitrogens with zero attached hydrogens (tertiary/aromatic N) is 2. The molecule has 0 unspecified atom stereocenters. The first-order valence-corrected chi connectivity index (χ1v) is 12.8. The van der Waals surface area contributed by atoms with Crippen LogP contribution in [0, 0.1) is 11.2 Å². The molecule has 0 radical (unpaired) electrons. The summed E-state index contributed by atoms with van der Waals surface area (Å²) in [6.45, 7) is 3.04. The van der Waals surface area contributed by atoms with Gasteiger partial charge in [-0.25, -0.2) is 9.37 Å². The molecule has 2 aliphatic rings. The quantitative estimate of drug-likeness (QED) is 0.333. The van der Waals surface area contributed by atoms with Crippen LogP contribution in [0.4, 0.5) is 4.39 Å². The van der Waals surface area contributed by atoms with Crippen LogP contribution in [0.5, 0.6) is 5.88 Å². The molecule has 0 bridgehead atoms. The van der Waals surface area contributed by atoms with Gasteiger partial charge in [-0.3, -0.25) is 4.79 Å². The lowest BCUT2D eigenvalue weighted by molar-refractivity contribution is -0.000603. The van der Waals surface area contributed by atoms with Crippen LogP contribution in [0.2, 0.25) is 0 Å². The first-order valence-electron chi connectivity index (χ1n) is 12.8. The van der Waals surface area contributed by atoms with Gasteiger partial charge in [0.25, 0.3) is 5.91 Å². The monoisotopic (exact) mass is 483 g/mol. The van der Waals surface area contributed by atoms with E-state index in [1.165, 1.54) is 25.3 Å². The maximum Gasteiger partial charge on any atom is 0.253 e. The lowest BCUT2D eigenvalue weighted by Gasteiger charge is -2.54. The molecule has 6 heteroatoms. The topological polar surface area (TPSA) is 56.1 Å². The van der Waals surface area contributed by atoms with Gasteiger partial charge < -0.3 is 14.6 Å². The van der Waals surface area contributed by atoms with Crippen LogP contribution in [0.15, 0.2) is 66.9 Å². The molecule has 0 aliphatic heterocycles. The molecule has 2 fully saturated rings. The van der Waals surface area contributed by atoms with E-state index in [4.69, 9.17) is 4.74 Å². The number of nitrogens with one attached hydrogen (secondary N) is 1. The molecule has 1 N–H and O–H groups in total. The summed E-state index contributed by atoms with van der Waals surface area (Å²) in [6.07, 6.45) is 7.88. The summed E-state index contributed by atoms with van der Waals surface area (Å²) in [5.74, 6) is 0.179. The number of hydrogen-bond donors (Lipinski definition) is 1. The minimum absolute atomic E-state index is 0.116. The average molecular weight is 484 g/mol. The lowest BCUT2D eigenvalue weighted by Crippen LogP contribution is -2.53. The number of rotatable bonds is 7. The zero-order valence-corrected chi connectivity index (χ0v) is 20.5. The second kappa shape index (κ2) is 9.08. The van der Waals surface area contributed by atoms with Gasteiger partial charge in [-0.15, -0.1) is 0 Å². The molecule has 5 nitrogen and oxygen atoms in total. The fourth-order valence-corrected chi connectivity index (χ4v) is 5.82. The number of carbonyl (C=O) groups is 1. The number of halogens is 1. The third-order valence-corrected chi connectivity index (χ3v) is 7.84. The van der Waals surface area contributed by atoms with E-state index in [-0.39, 0.29) is 17.8 Å². The van der Waals surface area contributed by atoms with Crippen LogP contribution in [0.3, 0.4) is 0 Å². The molecule has 2 aromatic carbocycles.